The van der Waals surface area contributed by atoms with Crippen LogP contribution in [0.2, 0.25) is 0 Å². The molecule has 24 nitrogen and oxygen atoms in total. The SMILES string of the molecule is C[C@H]1CCCN1c1nc2cc(CC(=O)c3c(-c4nc(C(F)(F)F)cs4)cnn3C)ccn2n1.Cc1cccc(-c2cnn(C)c2C(=O)Cc2cc3nc(N4CCC[C@@H]4C(F)(F)F)nn3cc2F)n1.Cn1ncc(-c2nc(C(F)F)cs2)c1C(=O)Cc1ccn2nc(N3CC[C@@H](F)C3)nc2c1. The van der Waals surface area contributed by atoms with E-state index in [1.54, 1.807) is 77.8 Å². The van der Waals surface area contributed by atoms with Gasteiger partial charge >= 0.3 is 12.4 Å². The van der Waals surface area contributed by atoms with Crippen molar-refractivity contribution in [3.8, 4) is 32.4 Å². The number of hydrogen-bond donors (Lipinski definition) is 0. The predicted octanol–water partition coefficient (Wildman–Crippen LogP) is 11.4. The van der Waals surface area contributed by atoms with Crippen LogP contribution in [0, 0.1) is 12.7 Å². The molecule has 36 heteroatoms. The van der Waals surface area contributed by atoms with Crippen molar-refractivity contribution in [3.05, 3.63) is 153 Å². The van der Waals surface area contributed by atoms with Crippen LogP contribution in [0.4, 0.5) is 61.7 Å². The quantitative estimate of drug-likeness (QED) is 0.0644. The fourth-order valence-corrected chi connectivity index (χ4v) is 14.0. The summed E-state index contributed by atoms with van der Waals surface area (Å²) in [6.07, 6.45) is -0.852. The Hall–Kier alpha value is -10.4. The van der Waals surface area contributed by atoms with Crippen molar-refractivity contribution < 1.29 is 58.3 Å². The maximum atomic E-state index is 14.9. The highest BCUT2D eigenvalue weighted by Crippen LogP contribution is 2.38. The fraction of sp³-hybridized carbons (Fsp3) is 0.359. The number of thiazole rings is 2. The summed E-state index contributed by atoms with van der Waals surface area (Å²) in [7, 11) is 4.82. The Morgan fingerprint density at radius 2 is 1.15 bits per heavy atom. The van der Waals surface area contributed by atoms with Crippen LogP contribution in [-0.2, 0) is 46.6 Å². The number of aromatic nitrogens is 18. The van der Waals surface area contributed by atoms with Gasteiger partial charge in [0, 0.05) is 106 Å². The molecular weight excluding hydrogens is 1360 g/mol. The normalized spacial score (nSPS) is 16.6. The molecule has 0 amide bonds. The second kappa shape index (κ2) is 27.4. The fourth-order valence-electron chi connectivity index (χ4n) is 12.3. The van der Waals surface area contributed by atoms with E-state index in [-0.39, 0.29) is 101 Å². The van der Waals surface area contributed by atoms with Crippen molar-refractivity contribution in [2.24, 2.45) is 21.1 Å². The first-order valence-corrected chi connectivity index (χ1v) is 33.1. The van der Waals surface area contributed by atoms with E-state index in [1.807, 2.05) is 19.1 Å². The van der Waals surface area contributed by atoms with Gasteiger partial charge in [-0.05, 0) is 99.5 Å². The molecule has 0 spiro atoms. The highest BCUT2D eigenvalue weighted by Gasteiger charge is 2.47. The molecule has 3 saturated heterocycles. The van der Waals surface area contributed by atoms with E-state index in [1.165, 1.54) is 44.1 Å². The first-order valence-electron chi connectivity index (χ1n) is 31.3. The minimum absolute atomic E-state index is 0.0445. The van der Waals surface area contributed by atoms with Crippen molar-refractivity contribution in [1.82, 2.24) is 88.1 Å². The Bertz CT molecular complexity index is 5040. The minimum Gasteiger partial charge on any atom is -0.337 e. The summed E-state index contributed by atoms with van der Waals surface area (Å²) in [5.74, 6) is -0.588. The Morgan fingerprint density at radius 1 is 0.610 bits per heavy atom. The zero-order valence-corrected chi connectivity index (χ0v) is 55.4. The summed E-state index contributed by atoms with van der Waals surface area (Å²) in [6.45, 7) is 5.89. The number of nitrogens with zero attached hydrogens (tertiary/aromatic N) is 21. The highest BCUT2D eigenvalue weighted by atomic mass is 32.1. The van der Waals surface area contributed by atoms with Gasteiger partial charge in [-0.25, -0.2) is 41.1 Å². The van der Waals surface area contributed by atoms with Gasteiger partial charge in [-0.1, -0.05) is 6.07 Å². The molecule has 3 aliphatic heterocycles. The number of alkyl halides is 9. The van der Waals surface area contributed by atoms with Crippen molar-refractivity contribution in [2.75, 3.05) is 40.9 Å². The molecule has 0 radical (unpaired) electrons. The van der Waals surface area contributed by atoms with Crippen molar-refractivity contribution in [1.29, 1.82) is 0 Å². The maximum Gasteiger partial charge on any atom is 0.434 e. The number of ketones is 3. The van der Waals surface area contributed by atoms with Crippen LogP contribution in [-0.4, -0.2) is 156 Å². The molecule has 3 fully saturated rings. The number of anilines is 3. The van der Waals surface area contributed by atoms with Gasteiger partial charge in [-0.15, -0.1) is 38.0 Å². The summed E-state index contributed by atoms with van der Waals surface area (Å²) in [5, 5.41) is 28.0. The first-order chi connectivity index (χ1) is 47.7. The monoisotopic (exact) mass is 1420 g/mol. The zero-order chi connectivity index (χ0) is 70.6. The lowest BCUT2D eigenvalue weighted by atomic mass is 10.0. The van der Waals surface area contributed by atoms with Gasteiger partial charge in [0.15, 0.2) is 40.0 Å². The molecule has 12 aromatic rings. The number of hydrogen-bond acceptors (Lipinski definition) is 20. The zero-order valence-electron chi connectivity index (χ0n) is 53.7. The van der Waals surface area contributed by atoms with Crippen LogP contribution < -0.4 is 14.7 Å². The molecule has 0 aromatic carbocycles. The number of fused-ring (bicyclic) bond motifs is 3. The van der Waals surface area contributed by atoms with Gasteiger partial charge in [-0.2, -0.15) is 56.6 Å². The van der Waals surface area contributed by atoms with Gasteiger partial charge < -0.3 is 14.7 Å². The number of carbonyl (C=O) groups is 3. The number of aryl methyl sites for hydroxylation is 4. The average molecular weight is 1420 g/mol. The lowest BCUT2D eigenvalue weighted by molar-refractivity contribution is -0.146. The van der Waals surface area contributed by atoms with Crippen molar-refractivity contribution in [3.63, 3.8) is 0 Å². The van der Waals surface area contributed by atoms with Crippen LogP contribution in [0.25, 0.3) is 49.3 Å². The number of rotatable bonds is 16. The van der Waals surface area contributed by atoms with Gasteiger partial charge in [0.1, 0.15) is 50.8 Å². The molecule has 520 valence electrons. The summed E-state index contributed by atoms with van der Waals surface area (Å²) >= 11 is 1.88. The Morgan fingerprint density at radius 3 is 1.71 bits per heavy atom. The molecule has 3 aliphatic rings. The Labute approximate surface area is 568 Å². The van der Waals surface area contributed by atoms with Crippen LogP contribution in [0.15, 0.2) is 96.5 Å². The third kappa shape index (κ3) is 14.1. The molecule has 12 aromatic heterocycles. The average Bonchev–Trinajstić information content (AvgIpc) is 1.64. The topological polar surface area (TPSA) is 244 Å². The third-order valence-electron chi connectivity index (χ3n) is 17.2. The summed E-state index contributed by atoms with van der Waals surface area (Å²) < 4.78 is 142. The second-order valence-electron chi connectivity index (χ2n) is 24.2. The van der Waals surface area contributed by atoms with E-state index in [9.17, 15) is 58.3 Å². The van der Waals surface area contributed by atoms with Gasteiger partial charge in [0.05, 0.1) is 48.2 Å². The molecular formula is C64H59F10N21O3S2. The number of halogens is 10. The molecule has 0 N–H and O–H groups in total. The van der Waals surface area contributed by atoms with E-state index in [0.29, 0.717) is 81.7 Å². The Balaban J connectivity index is 0.000000135. The first kappa shape index (κ1) is 68.1. The molecule has 100 heavy (non-hydrogen) atoms. The predicted molar refractivity (Wildman–Crippen MR) is 347 cm³/mol. The number of Topliss-reactive ketones (excluding diaryl/α,β-unsaturated/α-hetero) is 3. The van der Waals surface area contributed by atoms with E-state index >= 15 is 0 Å². The largest absolute Gasteiger partial charge is 0.434 e. The van der Waals surface area contributed by atoms with Crippen LogP contribution >= 0.6 is 22.7 Å². The van der Waals surface area contributed by atoms with Crippen molar-refractivity contribution >= 4 is 74.8 Å². The van der Waals surface area contributed by atoms with Gasteiger partial charge in [-0.3, -0.25) is 33.4 Å². The molecule has 0 aliphatic carbocycles. The molecule has 15 rings (SSSR count). The molecule has 0 unspecified atom stereocenters. The maximum absolute atomic E-state index is 14.9. The molecule has 0 bridgehead atoms. The van der Waals surface area contributed by atoms with Crippen LogP contribution in [0.1, 0.15) is 111 Å². The van der Waals surface area contributed by atoms with E-state index in [2.05, 4.69) is 72.3 Å². The van der Waals surface area contributed by atoms with E-state index in [4.69, 9.17) is 0 Å². The van der Waals surface area contributed by atoms with E-state index < -0.39 is 42.5 Å². The third-order valence-corrected chi connectivity index (χ3v) is 19.0. The lowest BCUT2D eigenvalue weighted by Crippen LogP contribution is -2.41. The summed E-state index contributed by atoms with van der Waals surface area (Å²) in [6, 6.07) is 12.6. The van der Waals surface area contributed by atoms with Crippen LogP contribution in [0.5, 0.6) is 0 Å². The molecule has 3 atom stereocenters. The number of carbonyl (C=O) groups excluding carboxylic acids is 3. The highest BCUT2D eigenvalue weighted by molar-refractivity contribution is 7.13. The van der Waals surface area contributed by atoms with Gasteiger partial charge in [0.25, 0.3) is 6.43 Å². The number of pyridine rings is 4. The Kier molecular flexibility index (Phi) is 18.7. The minimum atomic E-state index is -4.54. The standard InChI is InChI=1S/C23H21F4N7O.C21H20F3N7OS.C20H18F3N7OS/c1-13-5-3-6-17(29-13)15-11-28-32(2)21(15)18(35)9-14-10-20-30-22(31-34(20)12-16(14)24)33-8-4-7-19(33)23(25,26)27;1-12-4-3-6-30(12)20-27-17-9-13(5-7-31(17)28-20)8-15(32)18-14(10-25-29(18)2)19-26-16(11-33-19)21(22,23)24;1-28-17(13(8-24-28)19-25-14(10-32-19)18(22)23)15(31)6-11-2-5-30-16(7-11)26-20(27-30)29-4-3-12(21)9-29/h3,5-6,10-12,19H,4,7-9H2,1-2H3;5,7,9-12H,3-4,6,8H2,1-2H3;2,5,7-8,10,12,18H,3-4,6,9H2,1H3/t19-;2*12-/m101/s1. The molecule has 15 heterocycles. The summed E-state index contributed by atoms with van der Waals surface area (Å²) in [5.41, 5.74) is 4.91. The lowest BCUT2D eigenvalue weighted by Gasteiger charge is -2.24. The molecule has 0 saturated carbocycles. The second-order valence-corrected chi connectivity index (χ2v) is 26.0. The van der Waals surface area contributed by atoms with Crippen molar-refractivity contribution in [2.45, 2.75) is 102 Å². The summed E-state index contributed by atoms with van der Waals surface area (Å²) in [4.78, 5) is 69.8. The smallest absolute Gasteiger partial charge is 0.337 e. The van der Waals surface area contributed by atoms with Crippen LogP contribution in [0.3, 0.4) is 0 Å². The van der Waals surface area contributed by atoms with Gasteiger partial charge in [0.2, 0.25) is 17.8 Å². The van der Waals surface area contributed by atoms with E-state index in [0.717, 1.165) is 74.3 Å².